The molecule has 0 aliphatic heterocycles. The highest BCUT2D eigenvalue weighted by Crippen LogP contribution is 2.34. The van der Waals surface area contributed by atoms with E-state index in [2.05, 4.69) is 0 Å². The Morgan fingerprint density at radius 3 is 2.68 bits per heavy atom. The average Bonchev–Trinajstić information content (AvgIpc) is 2.34. The second-order valence-corrected chi connectivity index (χ2v) is 4.29. The van der Waals surface area contributed by atoms with Crippen LogP contribution in [0, 0.1) is 15.9 Å². The highest BCUT2D eigenvalue weighted by atomic mass is 19.1. The zero-order chi connectivity index (χ0) is 14.6. The van der Waals surface area contributed by atoms with E-state index in [1.54, 1.807) is 14.0 Å². The third kappa shape index (κ3) is 3.78. The van der Waals surface area contributed by atoms with Crippen molar-refractivity contribution < 1.29 is 19.2 Å². The first kappa shape index (κ1) is 15.2. The molecule has 0 bridgehead atoms. The Morgan fingerprint density at radius 1 is 1.58 bits per heavy atom. The van der Waals surface area contributed by atoms with E-state index in [1.807, 2.05) is 0 Å². The fourth-order valence-corrected chi connectivity index (χ4v) is 1.65. The largest absolute Gasteiger partial charge is 0.497 e. The van der Waals surface area contributed by atoms with Crippen molar-refractivity contribution in [3.05, 3.63) is 28.1 Å². The summed E-state index contributed by atoms with van der Waals surface area (Å²) in [5.41, 5.74) is -0.462. The van der Waals surface area contributed by atoms with Crippen LogP contribution in [-0.4, -0.2) is 36.8 Å². The predicted molar refractivity (Wildman–Crippen MR) is 69.2 cm³/mol. The number of nitrogens with zero attached hydrogens (tertiary/aromatic N) is 2. The number of aliphatic hydroxyl groups excluding tert-OH is 1. The summed E-state index contributed by atoms with van der Waals surface area (Å²) in [6, 6.07) is 2.38. The van der Waals surface area contributed by atoms with Gasteiger partial charge in [0.15, 0.2) is 0 Å². The lowest BCUT2D eigenvalue weighted by molar-refractivity contribution is -0.386. The smallest absolute Gasteiger partial charge is 0.328 e. The van der Waals surface area contributed by atoms with Crippen LogP contribution < -0.4 is 9.64 Å². The van der Waals surface area contributed by atoms with Crippen LogP contribution in [0.3, 0.4) is 0 Å². The van der Waals surface area contributed by atoms with Gasteiger partial charge in [-0.2, -0.15) is 4.39 Å². The maximum atomic E-state index is 13.7. The molecule has 0 amide bonds. The molecule has 0 aliphatic rings. The minimum atomic E-state index is -0.941. The van der Waals surface area contributed by atoms with Crippen LogP contribution in [-0.2, 0) is 0 Å². The molecule has 1 unspecified atom stereocenters. The highest BCUT2D eigenvalue weighted by molar-refractivity contribution is 5.66. The van der Waals surface area contributed by atoms with Crippen LogP contribution in [0.5, 0.6) is 5.75 Å². The molecule has 0 fully saturated rings. The minimum Gasteiger partial charge on any atom is -0.497 e. The van der Waals surface area contributed by atoms with Gasteiger partial charge >= 0.3 is 5.69 Å². The average molecular weight is 272 g/mol. The number of hydrogen-bond donors (Lipinski definition) is 1. The molecule has 0 aliphatic carbocycles. The molecule has 0 aromatic heterocycles. The zero-order valence-corrected chi connectivity index (χ0v) is 11.1. The Bertz CT molecular complexity index is 465. The van der Waals surface area contributed by atoms with Crippen molar-refractivity contribution in [3.8, 4) is 5.75 Å². The molecule has 0 heterocycles. The van der Waals surface area contributed by atoms with Crippen molar-refractivity contribution in [1.82, 2.24) is 0 Å². The normalized spacial score (nSPS) is 12.1. The third-order valence-electron chi connectivity index (χ3n) is 2.73. The molecular formula is C12H17FN2O4. The van der Waals surface area contributed by atoms with Crippen LogP contribution in [0.15, 0.2) is 12.1 Å². The maximum Gasteiger partial charge on any atom is 0.328 e. The first-order chi connectivity index (χ1) is 8.86. The first-order valence-electron chi connectivity index (χ1n) is 5.78. The predicted octanol–water partition coefficient (Wildman–Crippen LogP) is 1.95. The Balaban J connectivity index is 3.15. The van der Waals surface area contributed by atoms with Gasteiger partial charge in [-0.15, -0.1) is 0 Å². The van der Waals surface area contributed by atoms with Crippen molar-refractivity contribution in [2.24, 2.45) is 0 Å². The maximum absolute atomic E-state index is 13.7. The zero-order valence-electron chi connectivity index (χ0n) is 11.1. The van der Waals surface area contributed by atoms with Gasteiger partial charge in [0.1, 0.15) is 11.4 Å². The topological polar surface area (TPSA) is 75.8 Å². The quantitative estimate of drug-likeness (QED) is 0.632. The molecule has 1 aromatic rings. The first-order valence-corrected chi connectivity index (χ1v) is 5.78. The molecule has 0 saturated carbocycles. The van der Waals surface area contributed by atoms with Gasteiger partial charge in [0, 0.05) is 25.7 Å². The number of rotatable bonds is 6. The standard InChI is InChI=1S/C12H17FN2O4/c1-8(16)4-5-14(2)11-7-9(19-3)6-10(13)12(11)15(17)18/h6-8,16H,4-5H2,1-3H3. The number of benzene rings is 1. The number of nitro groups is 1. The summed E-state index contributed by atoms with van der Waals surface area (Å²) in [7, 11) is 2.96. The molecular weight excluding hydrogens is 255 g/mol. The van der Waals surface area contributed by atoms with Crippen LogP contribution >= 0.6 is 0 Å². The molecule has 0 saturated heterocycles. The van der Waals surface area contributed by atoms with Gasteiger partial charge in [0.25, 0.3) is 0 Å². The summed E-state index contributed by atoms with van der Waals surface area (Å²) in [5.74, 6) is -0.731. The Morgan fingerprint density at radius 2 is 2.21 bits per heavy atom. The summed E-state index contributed by atoms with van der Waals surface area (Å²) in [6.45, 7) is 1.99. The van der Waals surface area contributed by atoms with Crippen LogP contribution in [0.2, 0.25) is 0 Å². The van der Waals surface area contributed by atoms with Gasteiger partial charge in [-0.25, -0.2) is 0 Å². The molecule has 1 aromatic carbocycles. The van der Waals surface area contributed by atoms with Gasteiger partial charge in [0.2, 0.25) is 5.82 Å². The van der Waals surface area contributed by atoms with E-state index < -0.39 is 22.5 Å². The van der Waals surface area contributed by atoms with Gasteiger partial charge < -0.3 is 14.7 Å². The fraction of sp³-hybridized carbons (Fsp3) is 0.500. The molecule has 7 heteroatoms. The molecule has 1 rings (SSSR count). The molecule has 106 valence electrons. The lowest BCUT2D eigenvalue weighted by Gasteiger charge is -2.20. The van der Waals surface area contributed by atoms with Crippen LogP contribution in [0.4, 0.5) is 15.8 Å². The minimum absolute atomic E-state index is 0.127. The van der Waals surface area contributed by atoms with Crippen LogP contribution in [0.1, 0.15) is 13.3 Å². The Hall–Kier alpha value is -1.89. The lowest BCUT2D eigenvalue weighted by Crippen LogP contribution is -2.23. The Kier molecular flexibility index (Phi) is 5.05. The van der Waals surface area contributed by atoms with Crippen molar-refractivity contribution in [1.29, 1.82) is 0 Å². The van der Waals surface area contributed by atoms with E-state index in [9.17, 15) is 19.6 Å². The van der Waals surface area contributed by atoms with E-state index in [-0.39, 0.29) is 11.4 Å². The van der Waals surface area contributed by atoms with E-state index in [0.29, 0.717) is 13.0 Å². The summed E-state index contributed by atoms with van der Waals surface area (Å²) < 4.78 is 18.6. The van der Waals surface area contributed by atoms with Gasteiger partial charge in [-0.1, -0.05) is 0 Å². The lowest BCUT2D eigenvalue weighted by atomic mass is 10.2. The second-order valence-electron chi connectivity index (χ2n) is 4.29. The molecule has 1 atom stereocenters. The number of anilines is 1. The van der Waals surface area contributed by atoms with Crippen molar-refractivity contribution >= 4 is 11.4 Å². The van der Waals surface area contributed by atoms with E-state index in [1.165, 1.54) is 18.1 Å². The number of hydrogen-bond acceptors (Lipinski definition) is 5. The van der Waals surface area contributed by atoms with E-state index in [4.69, 9.17) is 4.74 Å². The van der Waals surface area contributed by atoms with Gasteiger partial charge in [-0.05, 0) is 13.3 Å². The monoisotopic (exact) mass is 272 g/mol. The third-order valence-corrected chi connectivity index (χ3v) is 2.73. The molecule has 19 heavy (non-hydrogen) atoms. The number of nitro benzene ring substituents is 1. The summed E-state index contributed by atoms with van der Waals surface area (Å²) in [5, 5.41) is 20.2. The Labute approximate surface area is 110 Å². The summed E-state index contributed by atoms with van der Waals surface area (Å²) in [4.78, 5) is 11.7. The van der Waals surface area contributed by atoms with Gasteiger partial charge in [-0.3, -0.25) is 10.1 Å². The number of ether oxygens (including phenoxy) is 1. The molecule has 6 nitrogen and oxygen atoms in total. The highest BCUT2D eigenvalue weighted by Gasteiger charge is 2.24. The number of methoxy groups -OCH3 is 1. The SMILES string of the molecule is COc1cc(F)c([N+](=O)[O-])c(N(C)CCC(C)O)c1. The van der Waals surface area contributed by atoms with Crippen molar-refractivity contribution in [3.63, 3.8) is 0 Å². The van der Waals surface area contributed by atoms with E-state index >= 15 is 0 Å². The van der Waals surface area contributed by atoms with Crippen molar-refractivity contribution in [2.75, 3.05) is 25.6 Å². The number of aliphatic hydroxyl groups is 1. The second kappa shape index (κ2) is 6.33. The van der Waals surface area contributed by atoms with Crippen LogP contribution in [0.25, 0.3) is 0 Å². The fourth-order valence-electron chi connectivity index (χ4n) is 1.65. The summed E-state index contributed by atoms with van der Waals surface area (Å²) in [6.07, 6.45) is -0.107. The van der Waals surface area contributed by atoms with E-state index in [0.717, 1.165) is 6.07 Å². The molecule has 0 radical (unpaired) electrons. The molecule has 0 spiro atoms. The molecule has 1 N–H and O–H groups in total. The van der Waals surface area contributed by atoms with Gasteiger partial charge in [0.05, 0.1) is 18.1 Å². The van der Waals surface area contributed by atoms with Crippen molar-refractivity contribution in [2.45, 2.75) is 19.4 Å². The summed E-state index contributed by atoms with van der Waals surface area (Å²) >= 11 is 0. The number of halogens is 1.